The number of nitrogens with two attached hydrogens (primary N) is 1. The van der Waals surface area contributed by atoms with Gasteiger partial charge in [-0.1, -0.05) is 12.1 Å². The Labute approximate surface area is 103 Å². The number of rotatable bonds is 5. The number of methoxy groups -OCH3 is 1. The molecule has 1 atom stereocenters. The third-order valence-electron chi connectivity index (χ3n) is 2.63. The molecule has 0 bridgehead atoms. The molecule has 1 rings (SSSR count). The molecule has 0 aliphatic carbocycles. The van der Waals surface area contributed by atoms with E-state index in [9.17, 15) is 13.6 Å². The van der Waals surface area contributed by atoms with Gasteiger partial charge in [0.05, 0.1) is 18.6 Å². The first-order chi connectivity index (χ1) is 8.32. The molecular formula is C12H15F2NO3. The molecule has 0 radical (unpaired) electrons. The summed E-state index contributed by atoms with van der Waals surface area (Å²) in [5, 5.41) is 9.02. The zero-order valence-electron chi connectivity index (χ0n) is 10.1. The van der Waals surface area contributed by atoms with Crippen molar-refractivity contribution in [2.75, 3.05) is 13.7 Å². The quantitative estimate of drug-likeness (QED) is 0.847. The van der Waals surface area contributed by atoms with E-state index >= 15 is 0 Å². The van der Waals surface area contributed by atoms with Gasteiger partial charge in [0.25, 0.3) is 5.92 Å². The lowest BCUT2D eigenvalue weighted by molar-refractivity contribution is -0.138. The lowest BCUT2D eigenvalue weighted by atomic mass is 9.94. The Kier molecular flexibility index (Phi) is 4.24. The van der Waals surface area contributed by atoms with Crippen molar-refractivity contribution < 1.29 is 23.4 Å². The van der Waals surface area contributed by atoms with Gasteiger partial charge in [-0.2, -0.15) is 0 Å². The number of alkyl halides is 2. The van der Waals surface area contributed by atoms with Gasteiger partial charge in [-0.3, -0.25) is 4.79 Å². The van der Waals surface area contributed by atoms with Crippen molar-refractivity contribution in [1.82, 2.24) is 0 Å². The summed E-state index contributed by atoms with van der Waals surface area (Å²) in [5.41, 5.74) is 5.18. The van der Waals surface area contributed by atoms with Crippen LogP contribution in [0.25, 0.3) is 0 Å². The largest absolute Gasteiger partial charge is 0.496 e. The second-order valence-electron chi connectivity index (χ2n) is 3.94. The van der Waals surface area contributed by atoms with Crippen LogP contribution in [0.15, 0.2) is 18.2 Å². The second kappa shape index (κ2) is 5.30. The Hall–Kier alpha value is -1.69. The molecule has 0 saturated heterocycles. The molecule has 3 N–H and O–H groups in total. The van der Waals surface area contributed by atoms with E-state index in [2.05, 4.69) is 0 Å². The fourth-order valence-electron chi connectivity index (χ4n) is 1.76. The van der Waals surface area contributed by atoms with E-state index in [1.165, 1.54) is 25.3 Å². The summed E-state index contributed by atoms with van der Waals surface area (Å²) in [5.74, 6) is -5.48. The number of para-hydroxylation sites is 1. The lowest BCUT2D eigenvalue weighted by Crippen LogP contribution is -2.23. The number of carboxylic acid groups (broad SMARTS) is 1. The van der Waals surface area contributed by atoms with E-state index in [1.54, 1.807) is 0 Å². The van der Waals surface area contributed by atoms with E-state index in [-0.39, 0.29) is 23.4 Å². The summed E-state index contributed by atoms with van der Waals surface area (Å²) in [7, 11) is 1.23. The van der Waals surface area contributed by atoms with Crippen molar-refractivity contribution in [3.8, 4) is 5.75 Å². The predicted molar refractivity (Wildman–Crippen MR) is 62.0 cm³/mol. The van der Waals surface area contributed by atoms with Crippen molar-refractivity contribution in [3.05, 3.63) is 29.3 Å². The molecule has 0 aromatic heterocycles. The van der Waals surface area contributed by atoms with Crippen LogP contribution >= 0.6 is 0 Å². The molecule has 100 valence electrons. The number of ether oxygens (including phenoxy) is 1. The Morgan fingerprint density at radius 1 is 1.56 bits per heavy atom. The van der Waals surface area contributed by atoms with Gasteiger partial charge in [0.1, 0.15) is 5.75 Å². The van der Waals surface area contributed by atoms with Crippen molar-refractivity contribution >= 4 is 5.97 Å². The highest BCUT2D eigenvalue weighted by Crippen LogP contribution is 2.39. The van der Waals surface area contributed by atoms with Crippen LogP contribution in [-0.2, 0) is 10.7 Å². The van der Waals surface area contributed by atoms with Crippen molar-refractivity contribution in [3.63, 3.8) is 0 Å². The number of hydrogen-bond acceptors (Lipinski definition) is 3. The van der Waals surface area contributed by atoms with Gasteiger partial charge >= 0.3 is 5.97 Å². The fraction of sp³-hybridized carbons (Fsp3) is 0.417. The van der Waals surface area contributed by atoms with Gasteiger partial charge in [0.2, 0.25) is 0 Å². The molecule has 0 aliphatic rings. The minimum absolute atomic E-state index is 0.122. The van der Waals surface area contributed by atoms with Crippen LogP contribution in [0.2, 0.25) is 0 Å². The molecule has 4 nitrogen and oxygen atoms in total. The van der Waals surface area contributed by atoms with Crippen LogP contribution in [0.5, 0.6) is 5.75 Å². The number of carbonyl (C=O) groups is 1. The molecule has 1 aromatic carbocycles. The molecule has 1 aromatic rings. The molecule has 0 aliphatic heterocycles. The second-order valence-corrected chi connectivity index (χ2v) is 3.94. The van der Waals surface area contributed by atoms with Crippen LogP contribution in [0.4, 0.5) is 8.78 Å². The Bertz CT molecular complexity index is 443. The maximum absolute atomic E-state index is 13.4. The van der Waals surface area contributed by atoms with Gasteiger partial charge in [0.15, 0.2) is 0 Å². The number of aliphatic carboxylic acids is 1. The van der Waals surface area contributed by atoms with Gasteiger partial charge in [-0.15, -0.1) is 0 Å². The minimum Gasteiger partial charge on any atom is -0.496 e. The smallest absolute Gasteiger partial charge is 0.312 e. The number of carboxylic acids is 1. The maximum Gasteiger partial charge on any atom is 0.312 e. The zero-order chi connectivity index (χ0) is 13.9. The highest BCUT2D eigenvalue weighted by atomic mass is 19.3. The molecule has 0 heterocycles. The van der Waals surface area contributed by atoms with E-state index in [1.807, 2.05) is 0 Å². The lowest BCUT2D eigenvalue weighted by Gasteiger charge is -2.20. The Morgan fingerprint density at radius 2 is 2.17 bits per heavy atom. The molecule has 6 heteroatoms. The fourth-order valence-corrected chi connectivity index (χ4v) is 1.76. The third kappa shape index (κ3) is 2.76. The summed E-state index contributed by atoms with van der Waals surface area (Å²) < 4.78 is 31.7. The summed E-state index contributed by atoms with van der Waals surface area (Å²) in [6, 6.07) is 4.01. The Balaban J connectivity index is 3.42. The van der Waals surface area contributed by atoms with E-state index in [0.717, 1.165) is 6.92 Å². The standard InChI is InChI=1S/C12H15F2NO3/c1-12(13,14)9-5-3-4-7(10(9)18-2)8(6-15)11(16)17/h3-5,8H,6,15H2,1-2H3,(H,16,17). The highest BCUT2D eigenvalue weighted by Gasteiger charge is 2.32. The van der Waals surface area contributed by atoms with Gasteiger partial charge in [-0.05, 0) is 6.07 Å². The minimum atomic E-state index is -3.11. The summed E-state index contributed by atoms with van der Waals surface area (Å²) in [4.78, 5) is 11.0. The van der Waals surface area contributed by atoms with E-state index in [4.69, 9.17) is 15.6 Å². The van der Waals surface area contributed by atoms with Crippen LogP contribution < -0.4 is 10.5 Å². The van der Waals surface area contributed by atoms with Crippen LogP contribution in [0.1, 0.15) is 24.0 Å². The monoisotopic (exact) mass is 259 g/mol. The van der Waals surface area contributed by atoms with Gasteiger partial charge in [0, 0.05) is 19.0 Å². The molecule has 0 amide bonds. The third-order valence-corrected chi connectivity index (χ3v) is 2.63. The summed E-state index contributed by atoms with van der Waals surface area (Å²) in [6.07, 6.45) is 0. The number of hydrogen-bond donors (Lipinski definition) is 2. The summed E-state index contributed by atoms with van der Waals surface area (Å²) >= 11 is 0. The average Bonchev–Trinajstić information content (AvgIpc) is 2.28. The summed E-state index contributed by atoms with van der Waals surface area (Å²) in [6.45, 7) is 0.539. The van der Waals surface area contributed by atoms with Crippen molar-refractivity contribution in [2.45, 2.75) is 18.8 Å². The normalized spacial score (nSPS) is 13.2. The molecule has 0 spiro atoms. The van der Waals surface area contributed by atoms with Gasteiger partial charge < -0.3 is 15.6 Å². The maximum atomic E-state index is 13.4. The van der Waals surface area contributed by atoms with E-state index in [0.29, 0.717) is 0 Å². The molecule has 1 unspecified atom stereocenters. The first kappa shape index (κ1) is 14.4. The van der Waals surface area contributed by atoms with Crippen LogP contribution in [0.3, 0.4) is 0 Å². The predicted octanol–water partition coefficient (Wildman–Crippen LogP) is 1.93. The van der Waals surface area contributed by atoms with Crippen LogP contribution in [-0.4, -0.2) is 24.7 Å². The number of benzene rings is 1. The van der Waals surface area contributed by atoms with Crippen molar-refractivity contribution in [1.29, 1.82) is 0 Å². The zero-order valence-corrected chi connectivity index (χ0v) is 10.1. The molecule has 0 fully saturated rings. The Morgan fingerprint density at radius 3 is 2.56 bits per heavy atom. The molecule has 0 saturated carbocycles. The average molecular weight is 259 g/mol. The first-order valence-electron chi connectivity index (χ1n) is 5.31. The molecular weight excluding hydrogens is 244 g/mol. The van der Waals surface area contributed by atoms with Gasteiger partial charge in [-0.25, -0.2) is 8.78 Å². The van der Waals surface area contributed by atoms with Crippen LogP contribution in [0, 0.1) is 0 Å². The van der Waals surface area contributed by atoms with E-state index < -0.39 is 17.8 Å². The number of halogens is 2. The topological polar surface area (TPSA) is 72.5 Å². The SMILES string of the molecule is COc1c(C(CN)C(=O)O)cccc1C(C)(F)F. The van der Waals surface area contributed by atoms with Crippen molar-refractivity contribution in [2.24, 2.45) is 5.73 Å². The first-order valence-corrected chi connectivity index (χ1v) is 5.31. The highest BCUT2D eigenvalue weighted by molar-refractivity contribution is 5.78. The molecule has 18 heavy (non-hydrogen) atoms.